The lowest BCUT2D eigenvalue weighted by molar-refractivity contribution is -0.141. The molecule has 10 heteroatoms. The van der Waals surface area contributed by atoms with Crippen molar-refractivity contribution >= 4 is 34.6 Å². The molecule has 2 aromatic carbocycles. The fraction of sp³-hybridized carbons (Fsp3) is 0.250. The second kappa shape index (κ2) is 10.2. The van der Waals surface area contributed by atoms with Gasteiger partial charge >= 0.3 is 5.97 Å². The van der Waals surface area contributed by atoms with Crippen molar-refractivity contribution in [2.45, 2.75) is 33.2 Å². The minimum atomic E-state index is -0.563. The Bertz CT molecular complexity index is 1550. The van der Waals surface area contributed by atoms with Gasteiger partial charge in [-0.05, 0) is 62.7 Å². The van der Waals surface area contributed by atoms with Gasteiger partial charge in [0.1, 0.15) is 22.6 Å². The van der Waals surface area contributed by atoms with E-state index in [-0.39, 0.29) is 18.3 Å². The summed E-state index contributed by atoms with van der Waals surface area (Å²) in [5, 5.41) is 12.6. The predicted octanol–water partition coefficient (Wildman–Crippen LogP) is 4.97. The van der Waals surface area contributed by atoms with Crippen molar-refractivity contribution in [2.75, 3.05) is 19.5 Å². The first kappa shape index (κ1) is 25.3. The number of carbonyl (C=O) groups is 2. The van der Waals surface area contributed by atoms with E-state index >= 15 is 0 Å². The molecule has 0 fully saturated rings. The van der Waals surface area contributed by atoms with Crippen LogP contribution in [0, 0.1) is 20.8 Å². The summed E-state index contributed by atoms with van der Waals surface area (Å²) in [6.45, 7) is 6.05. The maximum Gasteiger partial charge on any atom is 0.308 e. The molecule has 0 unspecified atom stereocenters. The number of anilines is 1. The Labute approximate surface area is 224 Å². The van der Waals surface area contributed by atoms with E-state index in [9.17, 15) is 9.59 Å². The van der Waals surface area contributed by atoms with Gasteiger partial charge in [-0.3, -0.25) is 19.1 Å². The molecule has 3 heterocycles. The second-order valence-electron chi connectivity index (χ2n) is 8.94. The summed E-state index contributed by atoms with van der Waals surface area (Å²) < 4.78 is 12.1. The molecule has 1 amide bonds. The van der Waals surface area contributed by atoms with Crippen LogP contribution >= 0.6 is 11.3 Å². The fourth-order valence-electron chi connectivity index (χ4n) is 4.42. The van der Waals surface area contributed by atoms with Crippen molar-refractivity contribution in [1.29, 1.82) is 0 Å². The maximum absolute atomic E-state index is 12.7. The molecule has 5 rings (SSSR count). The van der Waals surface area contributed by atoms with Crippen molar-refractivity contribution in [3.63, 3.8) is 0 Å². The van der Waals surface area contributed by atoms with Crippen LogP contribution in [-0.4, -0.2) is 46.6 Å². The van der Waals surface area contributed by atoms with Crippen LogP contribution < -0.4 is 10.1 Å². The molecule has 1 aliphatic rings. The Morgan fingerprint density at radius 2 is 1.71 bits per heavy atom. The Morgan fingerprint density at radius 1 is 1.00 bits per heavy atom. The van der Waals surface area contributed by atoms with E-state index in [4.69, 9.17) is 14.5 Å². The van der Waals surface area contributed by atoms with Crippen molar-refractivity contribution < 1.29 is 19.1 Å². The number of methoxy groups -OCH3 is 2. The Balaban J connectivity index is 1.52. The number of esters is 1. The second-order valence-corrected chi connectivity index (χ2v) is 10.1. The molecule has 194 valence electrons. The molecule has 38 heavy (non-hydrogen) atoms. The van der Waals surface area contributed by atoms with Crippen LogP contribution in [0.5, 0.6) is 5.75 Å². The molecule has 0 aliphatic carbocycles. The number of fused-ring (bicyclic) bond motifs is 3. The van der Waals surface area contributed by atoms with Gasteiger partial charge in [-0.1, -0.05) is 12.1 Å². The number of hydrogen-bond acceptors (Lipinski definition) is 8. The number of aliphatic imine (C=N–C) groups is 1. The summed E-state index contributed by atoms with van der Waals surface area (Å²) >= 11 is 1.65. The standard InChI is InChI=1S/C28H27N5O4S/c1-15-16(2)38-28-24(15)25(30-22(14-23(34)37-5)26-32-31-17(3)33(26)28)18-6-10-20(11-7-18)29-27(35)19-8-12-21(36-4)13-9-19/h6-13,22H,14H2,1-5H3,(H,29,35)/t22-/m0/s1. The summed E-state index contributed by atoms with van der Waals surface area (Å²) in [5.41, 5.74) is 4.90. The first-order chi connectivity index (χ1) is 18.3. The molecule has 0 saturated carbocycles. The van der Waals surface area contributed by atoms with Gasteiger partial charge in [-0.25, -0.2) is 0 Å². The highest BCUT2D eigenvalue weighted by atomic mass is 32.1. The Kier molecular flexibility index (Phi) is 6.81. The quantitative estimate of drug-likeness (QED) is 0.354. The number of ether oxygens (including phenoxy) is 2. The normalized spacial score (nSPS) is 14.1. The van der Waals surface area contributed by atoms with Crippen molar-refractivity contribution in [3.05, 3.63) is 87.3 Å². The summed E-state index contributed by atoms with van der Waals surface area (Å²) in [7, 11) is 2.95. The van der Waals surface area contributed by atoms with Crippen molar-refractivity contribution in [3.8, 4) is 10.8 Å². The minimum Gasteiger partial charge on any atom is -0.497 e. The molecule has 0 radical (unpaired) electrons. The Hall–Kier alpha value is -4.31. The zero-order valence-corrected chi connectivity index (χ0v) is 22.5. The smallest absolute Gasteiger partial charge is 0.308 e. The van der Waals surface area contributed by atoms with Crippen LogP contribution in [0.4, 0.5) is 5.69 Å². The van der Waals surface area contributed by atoms with Gasteiger partial charge in [0.15, 0.2) is 5.82 Å². The SMILES string of the molecule is COC(=O)C[C@@H]1N=C(c2ccc(NC(=O)c3ccc(OC)cc3)cc2)c2c(sc(C)c2C)-n2c(C)nnc21. The molecule has 1 atom stereocenters. The fourth-order valence-corrected chi connectivity index (χ4v) is 5.64. The van der Waals surface area contributed by atoms with Crippen molar-refractivity contribution in [2.24, 2.45) is 4.99 Å². The third-order valence-corrected chi connectivity index (χ3v) is 7.79. The van der Waals surface area contributed by atoms with E-state index in [0.717, 1.165) is 38.1 Å². The van der Waals surface area contributed by atoms with Crippen LogP contribution in [0.2, 0.25) is 0 Å². The summed E-state index contributed by atoms with van der Waals surface area (Å²) in [5.74, 6) is 1.43. The van der Waals surface area contributed by atoms with Crippen LogP contribution in [0.25, 0.3) is 5.00 Å². The minimum absolute atomic E-state index is 0.0428. The summed E-state index contributed by atoms with van der Waals surface area (Å²) in [6, 6.07) is 13.9. The highest BCUT2D eigenvalue weighted by Gasteiger charge is 2.32. The first-order valence-corrected chi connectivity index (χ1v) is 12.9. The van der Waals surface area contributed by atoms with Gasteiger partial charge in [0.25, 0.3) is 5.91 Å². The molecule has 2 aromatic heterocycles. The molecular formula is C28H27N5O4S. The number of rotatable bonds is 6. The summed E-state index contributed by atoms with van der Waals surface area (Å²) in [4.78, 5) is 31.2. The molecule has 1 aliphatic heterocycles. The lowest BCUT2D eigenvalue weighted by Crippen LogP contribution is -2.13. The zero-order valence-electron chi connectivity index (χ0n) is 21.7. The first-order valence-electron chi connectivity index (χ1n) is 12.0. The third-order valence-electron chi connectivity index (χ3n) is 6.60. The highest BCUT2D eigenvalue weighted by molar-refractivity contribution is 7.15. The van der Waals surface area contributed by atoms with E-state index < -0.39 is 6.04 Å². The van der Waals surface area contributed by atoms with Crippen LogP contribution in [0.1, 0.15) is 56.0 Å². The number of nitrogens with one attached hydrogen (secondary N) is 1. The highest BCUT2D eigenvalue weighted by Crippen LogP contribution is 2.39. The van der Waals surface area contributed by atoms with E-state index in [1.807, 2.05) is 35.8 Å². The number of aromatic nitrogens is 3. The number of amides is 1. The third kappa shape index (κ3) is 4.58. The van der Waals surface area contributed by atoms with Gasteiger partial charge in [0, 0.05) is 27.3 Å². The maximum atomic E-state index is 12.7. The van der Waals surface area contributed by atoms with Crippen LogP contribution in [-0.2, 0) is 9.53 Å². The predicted molar refractivity (Wildman–Crippen MR) is 146 cm³/mol. The molecule has 4 aromatic rings. The number of aryl methyl sites for hydroxylation is 2. The van der Waals surface area contributed by atoms with E-state index in [1.54, 1.807) is 42.7 Å². The summed E-state index contributed by atoms with van der Waals surface area (Å²) in [6.07, 6.45) is 0.0428. The molecular weight excluding hydrogens is 502 g/mol. The van der Waals surface area contributed by atoms with Gasteiger partial charge in [0.05, 0.1) is 26.4 Å². The number of carbonyl (C=O) groups excluding carboxylic acids is 2. The number of benzene rings is 2. The lowest BCUT2D eigenvalue weighted by Gasteiger charge is -2.12. The van der Waals surface area contributed by atoms with Crippen molar-refractivity contribution in [1.82, 2.24) is 14.8 Å². The molecule has 0 spiro atoms. The van der Waals surface area contributed by atoms with Gasteiger partial charge in [0.2, 0.25) is 0 Å². The molecule has 9 nitrogen and oxygen atoms in total. The average Bonchev–Trinajstić information content (AvgIpc) is 3.41. The van der Waals surface area contributed by atoms with E-state index in [0.29, 0.717) is 22.8 Å². The topological polar surface area (TPSA) is 108 Å². The van der Waals surface area contributed by atoms with Crippen LogP contribution in [0.15, 0.2) is 53.5 Å². The number of thiophene rings is 1. The number of hydrogen-bond donors (Lipinski definition) is 1. The Morgan fingerprint density at radius 3 is 2.37 bits per heavy atom. The largest absolute Gasteiger partial charge is 0.497 e. The van der Waals surface area contributed by atoms with E-state index in [2.05, 4.69) is 29.4 Å². The number of nitrogens with zero attached hydrogens (tertiary/aromatic N) is 4. The zero-order chi connectivity index (χ0) is 27.0. The van der Waals surface area contributed by atoms with Gasteiger partial charge < -0.3 is 14.8 Å². The lowest BCUT2D eigenvalue weighted by atomic mass is 9.99. The molecule has 0 saturated heterocycles. The van der Waals surface area contributed by atoms with E-state index in [1.165, 1.54) is 7.11 Å². The molecule has 0 bridgehead atoms. The average molecular weight is 530 g/mol. The molecule has 1 N–H and O–H groups in total. The van der Waals surface area contributed by atoms with Gasteiger partial charge in [-0.2, -0.15) is 0 Å². The van der Waals surface area contributed by atoms with Gasteiger partial charge in [-0.15, -0.1) is 21.5 Å². The monoisotopic (exact) mass is 529 g/mol. The van der Waals surface area contributed by atoms with Crippen LogP contribution in [0.3, 0.4) is 0 Å².